The summed E-state index contributed by atoms with van der Waals surface area (Å²) in [6.07, 6.45) is 0.902. The lowest BCUT2D eigenvalue weighted by molar-refractivity contribution is 0.410. The Hall–Kier alpha value is -1.96. The highest BCUT2D eigenvalue weighted by molar-refractivity contribution is 5.48. The van der Waals surface area contributed by atoms with Crippen molar-refractivity contribution in [2.24, 2.45) is 0 Å². The van der Waals surface area contributed by atoms with Crippen molar-refractivity contribution in [2.45, 2.75) is 20.3 Å². The van der Waals surface area contributed by atoms with Crippen molar-refractivity contribution in [1.82, 2.24) is 0 Å². The summed E-state index contributed by atoms with van der Waals surface area (Å²) in [5.41, 5.74) is 6.23. The van der Waals surface area contributed by atoms with E-state index in [9.17, 15) is 0 Å². The van der Waals surface area contributed by atoms with E-state index >= 15 is 0 Å². The lowest BCUT2D eigenvalue weighted by Gasteiger charge is -2.13. The van der Waals surface area contributed by atoms with Crippen molar-refractivity contribution in [2.75, 3.05) is 19.5 Å². The molecule has 0 unspecified atom stereocenters. The van der Waals surface area contributed by atoms with Crippen LogP contribution in [0.5, 0.6) is 5.75 Å². The molecule has 0 spiro atoms. The summed E-state index contributed by atoms with van der Waals surface area (Å²) in [7, 11) is 3.67. The number of hydrogen-bond acceptors (Lipinski definition) is 2. The standard InChI is InChI=1S/C17H21NO/c1-12-9-13(2)16(17(10-12)19-4)11-14-5-7-15(18-3)8-6-14/h5-10,18H,11H2,1-4H3. The fourth-order valence-corrected chi connectivity index (χ4v) is 2.36. The summed E-state index contributed by atoms with van der Waals surface area (Å²) in [5.74, 6) is 0.982. The molecule has 0 aliphatic heterocycles. The van der Waals surface area contributed by atoms with Gasteiger partial charge in [0.25, 0.3) is 0 Å². The molecule has 0 aromatic heterocycles. The van der Waals surface area contributed by atoms with Gasteiger partial charge >= 0.3 is 0 Å². The molecule has 0 bridgehead atoms. The van der Waals surface area contributed by atoms with Crippen LogP contribution in [0.3, 0.4) is 0 Å². The number of rotatable bonds is 4. The predicted molar refractivity (Wildman–Crippen MR) is 81.3 cm³/mol. The molecule has 19 heavy (non-hydrogen) atoms. The van der Waals surface area contributed by atoms with Crippen molar-refractivity contribution in [3.8, 4) is 5.75 Å². The van der Waals surface area contributed by atoms with Crippen LogP contribution >= 0.6 is 0 Å². The molecule has 0 radical (unpaired) electrons. The van der Waals surface area contributed by atoms with Gasteiger partial charge in [-0.25, -0.2) is 0 Å². The molecule has 100 valence electrons. The van der Waals surface area contributed by atoms with Crippen molar-refractivity contribution in [3.05, 3.63) is 58.7 Å². The Balaban J connectivity index is 2.31. The summed E-state index contributed by atoms with van der Waals surface area (Å²) in [4.78, 5) is 0. The minimum absolute atomic E-state index is 0.902. The highest BCUT2D eigenvalue weighted by atomic mass is 16.5. The Morgan fingerprint density at radius 2 is 1.74 bits per heavy atom. The molecule has 2 aromatic carbocycles. The third-order valence-electron chi connectivity index (χ3n) is 3.42. The van der Waals surface area contributed by atoms with E-state index in [1.54, 1.807) is 7.11 Å². The number of nitrogens with one attached hydrogen (secondary N) is 1. The summed E-state index contributed by atoms with van der Waals surface area (Å²) in [6.45, 7) is 4.24. The monoisotopic (exact) mass is 255 g/mol. The van der Waals surface area contributed by atoms with Gasteiger partial charge in [-0.1, -0.05) is 18.2 Å². The Morgan fingerprint density at radius 3 is 2.32 bits per heavy atom. The zero-order valence-electron chi connectivity index (χ0n) is 12.1. The minimum Gasteiger partial charge on any atom is -0.496 e. The molecule has 2 heteroatoms. The van der Waals surface area contributed by atoms with Crippen LogP contribution in [0.25, 0.3) is 0 Å². The number of benzene rings is 2. The average molecular weight is 255 g/mol. The maximum Gasteiger partial charge on any atom is 0.122 e. The first-order valence-electron chi connectivity index (χ1n) is 6.55. The average Bonchev–Trinajstić information content (AvgIpc) is 2.42. The first kappa shape index (κ1) is 13.5. The van der Waals surface area contributed by atoms with Gasteiger partial charge in [0, 0.05) is 24.7 Å². The van der Waals surface area contributed by atoms with Gasteiger partial charge in [0.1, 0.15) is 5.75 Å². The first-order valence-corrected chi connectivity index (χ1v) is 6.55. The van der Waals surface area contributed by atoms with Gasteiger partial charge in [0.15, 0.2) is 0 Å². The van der Waals surface area contributed by atoms with E-state index in [2.05, 4.69) is 55.6 Å². The lowest BCUT2D eigenvalue weighted by atomic mass is 9.97. The molecule has 2 nitrogen and oxygen atoms in total. The van der Waals surface area contributed by atoms with E-state index < -0.39 is 0 Å². The summed E-state index contributed by atoms with van der Waals surface area (Å²) in [6, 6.07) is 12.8. The second-order valence-electron chi connectivity index (χ2n) is 4.89. The maximum atomic E-state index is 5.51. The van der Waals surface area contributed by atoms with E-state index in [0.717, 1.165) is 17.9 Å². The molecule has 0 atom stereocenters. The van der Waals surface area contributed by atoms with Crippen molar-refractivity contribution in [1.29, 1.82) is 0 Å². The van der Waals surface area contributed by atoms with Gasteiger partial charge in [-0.3, -0.25) is 0 Å². The Bertz CT molecular complexity index is 558. The second kappa shape index (κ2) is 5.79. The zero-order chi connectivity index (χ0) is 13.8. The Morgan fingerprint density at radius 1 is 1.05 bits per heavy atom. The molecule has 2 rings (SSSR count). The fraction of sp³-hybridized carbons (Fsp3) is 0.294. The van der Waals surface area contributed by atoms with Crippen molar-refractivity contribution < 1.29 is 4.74 Å². The number of hydrogen-bond donors (Lipinski definition) is 1. The molecule has 2 aromatic rings. The molecule has 1 N–H and O–H groups in total. The van der Waals surface area contributed by atoms with Gasteiger partial charge in [-0.15, -0.1) is 0 Å². The van der Waals surface area contributed by atoms with Crippen LogP contribution in [0, 0.1) is 13.8 Å². The highest BCUT2D eigenvalue weighted by Gasteiger charge is 2.08. The number of methoxy groups -OCH3 is 1. The van der Waals surface area contributed by atoms with Crippen LogP contribution in [0.2, 0.25) is 0 Å². The molecule has 0 aliphatic carbocycles. The molecule has 0 aliphatic rings. The highest BCUT2D eigenvalue weighted by Crippen LogP contribution is 2.27. The molecular weight excluding hydrogens is 234 g/mol. The SMILES string of the molecule is CNc1ccc(Cc2c(C)cc(C)cc2OC)cc1. The van der Waals surface area contributed by atoms with Crippen LogP contribution in [0.1, 0.15) is 22.3 Å². The minimum atomic E-state index is 0.902. The predicted octanol–water partition coefficient (Wildman–Crippen LogP) is 3.94. The third-order valence-corrected chi connectivity index (χ3v) is 3.42. The molecule has 0 saturated carbocycles. The van der Waals surface area contributed by atoms with Crippen LogP contribution in [0.15, 0.2) is 36.4 Å². The molecule has 0 heterocycles. The molecule has 0 fully saturated rings. The lowest BCUT2D eigenvalue weighted by Crippen LogP contribution is -1.98. The van der Waals surface area contributed by atoms with Crippen LogP contribution < -0.4 is 10.1 Å². The van der Waals surface area contributed by atoms with Crippen molar-refractivity contribution >= 4 is 5.69 Å². The molecule has 0 saturated heterocycles. The van der Waals surface area contributed by atoms with Gasteiger partial charge in [0.2, 0.25) is 0 Å². The normalized spacial score (nSPS) is 10.3. The van der Waals surface area contributed by atoms with Gasteiger partial charge in [0.05, 0.1) is 7.11 Å². The first-order chi connectivity index (χ1) is 9.13. The van der Waals surface area contributed by atoms with Gasteiger partial charge in [-0.2, -0.15) is 0 Å². The van der Waals surface area contributed by atoms with E-state index in [1.807, 2.05) is 7.05 Å². The van der Waals surface area contributed by atoms with Gasteiger partial charge in [-0.05, 0) is 48.7 Å². The molecule has 0 amide bonds. The quantitative estimate of drug-likeness (QED) is 0.893. The Labute approximate surface area is 115 Å². The number of aryl methyl sites for hydroxylation is 2. The van der Waals surface area contributed by atoms with Crippen LogP contribution in [-0.2, 0) is 6.42 Å². The van der Waals surface area contributed by atoms with Gasteiger partial charge < -0.3 is 10.1 Å². The maximum absolute atomic E-state index is 5.51. The third kappa shape index (κ3) is 3.08. The smallest absolute Gasteiger partial charge is 0.122 e. The van der Waals surface area contributed by atoms with Crippen LogP contribution in [0.4, 0.5) is 5.69 Å². The van der Waals surface area contributed by atoms with Crippen LogP contribution in [-0.4, -0.2) is 14.2 Å². The summed E-state index contributed by atoms with van der Waals surface area (Å²) in [5, 5.41) is 3.13. The largest absolute Gasteiger partial charge is 0.496 e. The number of ether oxygens (including phenoxy) is 1. The zero-order valence-corrected chi connectivity index (χ0v) is 12.1. The molecular formula is C17H21NO. The summed E-state index contributed by atoms with van der Waals surface area (Å²) < 4.78 is 5.51. The fourth-order valence-electron chi connectivity index (χ4n) is 2.36. The van der Waals surface area contributed by atoms with E-state index in [4.69, 9.17) is 4.74 Å². The van der Waals surface area contributed by atoms with E-state index in [-0.39, 0.29) is 0 Å². The summed E-state index contributed by atoms with van der Waals surface area (Å²) >= 11 is 0. The second-order valence-corrected chi connectivity index (χ2v) is 4.89. The van der Waals surface area contributed by atoms with Crippen molar-refractivity contribution in [3.63, 3.8) is 0 Å². The van der Waals surface area contributed by atoms with E-state index in [1.165, 1.54) is 22.3 Å². The van der Waals surface area contributed by atoms with E-state index in [0.29, 0.717) is 0 Å². The Kier molecular flexibility index (Phi) is 4.10. The topological polar surface area (TPSA) is 21.3 Å². The number of anilines is 1.